The summed E-state index contributed by atoms with van der Waals surface area (Å²) in [7, 11) is 0. The molecule has 4 rings (SSSR count). The number of carbonyl (C=O) groups is 1. The number of para-hydroxylation sites is 1. The number of hydrogen-bond donors (Lipinski definition) is 2. The molecule has 2 aliphatic heterocycles. The van der Waals surface area contributed by atoms with Crippen molar-refractivity contribution in [1.82, 2.24) is 20.1 Å². The van der Waals surface area contributed by atoms with Crippen LogP contribution >= 0.6 is 24.0 Å². The average Bonchev–Trinajstić information content (AvgIpc) is 3.27. The smallest absolute Gasteiger partial charge is 0.410 e. The third-order valence-electron chi connectivity index (χ3n) is 5.44. The van der Waals surface area contributed by atoms with Crippen LogP contribution in [0, 0.1) is 0 Å². The van der Waals surface area contributed by atoms with Crippen molar-refractivity contribution in [2.75, 3.05) is 32.7 Å². The summed E-state index contributed by atoms with van der Waals surface area (Å²) < 4.78 is 5.51. The van der Waals surface area contributed by atoms with Crippen LogP contribution in [0.4, 0.5) is 4.79 Å². The van der Waals surface area contributed by atoms with Gasteiger partial charge in [-0.3, -0.25) is 4.99 Å². The van der Waals surface area contributed by atoms with Crippen molar-refractivity contribution >= 4 is 46.9 Å². The number of amides is 1. The molecular formula is C22H32IN5O2. The monoisotopic (exact) mass is 525 g/mol. The van der Waals surface area contributed by atoms with Gasteiger partial charge in [0.05, 0.1) is 12.6 Å². The van der Waals surface area contributed by atoms with E-state index in [1.54, 1.807) is 0 Å². The molecule has 2 N–H and O–H groups in total. The first-order valence-corrected chi connectivity index (χ1v) is 10.5. The van der Waals surface area contributed by atoms with Gasteiger partial charge in [-0.1, -0.05) is 18.2 Å². The maximum atomic E-state index is 12.3. The number of fused-ring (bicyclic) bond motifs is 2. The Bertz CT molecular complexity index is 904. The predicted molar refractivity (Wildman–Crippen MR) is 131 cm³/mol. The summed E-state index contributed by atoms with van der Waals surface area (Å²) in [4.78, 5) is 24.5. The Hall–Kier alpha value is -1.97. The summed E-state index contributed by atoms with van der Waals surface area (Å²) in [5, 5.41) is 4.81. The van der Waals surface area contributed by atoms with E-state index in [-0.39, 0.29) is 36.1 Å². The molecule has 0 saturated carbocycles. The van der Waals surface area contributed by atoms with Crippen LogP contribution in [-0.2, 0) is 11.2 Å². The van der Waals surface area contributed by atoms with Crippen molar-refractivity contribution in [3.63, 3.8) is 0 Å². The molecular weight excluding hydrogens is 493 g/mol. The molecule has 1 saturated heterocycles. The first-order valence-electron chi connectivity index (χ1n) is 10.5. The molecule has 7 nitrogen and oxygen atoms in total. The molecule has 2 aromatic rings. The van der Waals surface area contributed by atoms with E-state index in [4.69, 9.17) is 4.74 Å². The van der Waals surface area contributed by atoms with E-state index in [0.717, 1.165) is 38.4 Å². The minimum Gasteiger partial charge on any atom is -0.444 e. The third-order valence-corrected chi connectivity index (χ3v) is 5.44. The molecule has 1 fully saturated rings. The fourth-order valence-corrected chi connectivity index (χ4v) is 4.04. The number of aliphatic imine (C=N–C) groups is 1. The topological polar surface area (TPSA) is 73.0 Å². The summed E-state index contributed by atoms with van der Waals surface area (Å²) in [6.45, 7) is 9.44. The summed E-state index contributed by atoms with van der Waals surface area (Å²) in [6, 6.07) is 8.67. The second-order valence-electron chi connectivity index (χ2n) is 8.83. The number of aromatic amines is 1. The zero-order valence-corrected chi connectivity index (χ0v) is 20.3. The third kappa shape index (κ3) is 5.19. The number of benzene rings is 1. The van der Waals surface area contributed by atoms with Gasteiger partial charge in [-0.15, -0.1) is 24.0 Å². The highest BCUT2D eigenvalue weighted by Crippen LogP contribution is 2.20. The van der Waals surface area contributed by atoms with Gasteiger partial charge in [0.15, 0.2) is 5.96 Å². The quantitative estimate of drug-likeness (QED) is 0.473. The molecule has 1 amide bonds. The van der Waals surface area contributed by atoms with E-state index in [2.05, 4.69) is 50.7 Å². The number of halogens is 1. The van der Waals surface area contributed by atoms with E-state index in [1.807, 2.05) is 25.7 Å². The lowest BCUT2D eigenvalue weighted by Crippen LogP contribution is -2.57. The van der Waals surface area contributed by atoms with Crippen LogP contribution in [0.5, 0.6) is 0 Å². The number of nitrogens with one attached hydrogen (secondary N) is 2. The normalized spacial score (nSPS) is 18.6. The lowest BCUT2D eigenvalue weighted by Gasteiger charge is -2.39. The van der Waals surface area contributed by atoms with Gasteiger partial charge in [-0.25, -0.2) is 4.79 Å². The fourth-order valence-electron chi connectivity index (χ4n) is 4.04. The zero-order chi connectivity index (χ0) is 20.4. The Morgan fingerprint density at radius 2 is 2.10 bits per heavy atom. The van der Waals surface area contributed by atoms with Crippen LogP contribution in [0.15, 0.2) is 35.5 Å². The molecule has 8 heteroatoms. The highest BCUT2D eigenvalue weighted by molar-refractivity contribution is 14.0. The van der Waals surface area contributed by atoms with E-state index >= 15 is 0 Å². The van der Waals surface area contributed by atoms with Crippen LogP contribution in [0.1, 0.15) is 32.8 Å². The van der Waals surface area contributed by atoms with Gasteiger partial charge >= 0.3 is 6.09 Å². The molecule has 0 radical (unpaired) electrons. The van der Waals surface area contributed by atoms with Crippen molar-refractivity contribution < 1.29 is 9.53 Å². The van der Waals surface area contributed by atoms with Crippen molar-refractivity contribution in [2.45, 2.75) is 45.3 Å². The summed E-state index contributed by atoms with van der Waals surface area (Å²) in [5.74, 6) is 0.970. The van der Waals surface area contributed by atoms with Gasteiger partial charge in [0.25, 0.3) is 0 Å². The fraction of sp³-hybridized carbons (Fsp3) is 0.545. The Kier molecular flexibility index (Phi) is 7.15. The van der Waals surface area contributed by atoms with Crippen molar-refractivity contribution in [3.05, 3.63) is 36.0 Å². The van der Waals surface area contributed by atoms with Gasteiger partial charge < -0.3 is 24.8 Å². The highest BCUT2D eigenvalue weighted by Gasteiger charge is 2.36. The first kappa shape index (κ1) is 22.7. The predicted octanol–water partition coefficient (Wildman–Crippen LogP) is 3.60. The molecule has 30 heavy (non-hydrogen) atoms. The summed E-state index contributed by atoms with van der Waals surface area (Å²) in [5.41, 5.74) is 2.10. The van der Waals surface area contributed by atoms with Crippen LogP contribution in [0.3, 0.4) is 0 Å². The lowest BCUT2D eigenvalue weighted by atomic mass is 10.1. The van der Waals surface area contributed by atoms with Gasteiger partial charge in [0.2, 0.25) is 0 Å². The van der Waals surface area contributed by atoms with Crippen molar-refractivity contribution in [1.29, 1.82) is 0 Å². The maximum absolute atomic E-state index is 12.3. The number of H-pyrrole nitrogens is 1. The second-order valence-corrected chi connectivity index (χ2v) is 8.83. The molecule has 164 valence electrons. The second kappa shape index (κ2) is 9.45. The minimum atomic E-state index is -0.460. The SMILES string of the molecule is CC(C)(C)OC(=O)N1CCN2C(NCCCc3c[nH]c4ccccc34)=NCC2C1.I. The molecule has 1 atom stereocenters. The number of aromatic nitrogens is 1. The first-order chi connectivity index (χ1) is 13.9. The zero-order valence-electron chi connectivity index (χ0n) is 18.0. The van der Waals surface area contributed by atoms with E-state index in [9.17, 15) is 4.79 Å². The van der Waals surface area contributed by atoms with Gasteiger partial charge in [0, 0.05) is 43.3 Å². The Morgan fingerprint density at radius 1 is 1.30 bits per heavy atom. The highest BCUT2D eigenvalue weighted by atomic mass is 127. The number of hydrogen-bond acceptors (Lipinski definition) is 5. The summed E-state index contributed by atoms with van der Waals surface area (Å²) in [6.07, 6.45) is 3.96. The summed E-state index contributed by atoms with van der Waals surface area (Å²) >= 11 is 0. The average molecular weight is 525 g/mol. The van der Waals surface area contributed by atoms with Crippen LogP contribution < -0.4 is 5.32 Å². The molecule has 2 aliphatic rings. The van der Waals surface area contributed by atoms with Gasteiger partial charge in [-0.2, -0.15) is 0 Å². The standard InChI is InChI=1S/C22H31N5O2.HI/c1-22(2,3)29-21(28)26-11-12-27-17(15-26)14-25-20(27)23-10-6-7-16-13-24-19-9-5-4-8-18(16)19;/h4-5,8-9,13,17,24H,6-7,10-12,14-15H2,1-3H3,(H,23,25);1H. The number of nitrogens with zero attached hydrogens (tertiary/aromatic N) is 3. The lowest BCUT2D eigenvalue weighted by molar-refractivity contribution is 0.0137. The van der Waals surface area contributed by atoms with Crippen LogP contribution in [0.25, 0.3) is 10.9 Å². The van der Waals surface area contributed by atoms with E-state index in [1.165, 1.54) is 16.5 Å². The minimum absolute atomic E-state index is 0. The van der Waals surface area contributed by atoms with E-state index < -0.39 is 5.60 Å². The molecule has 0 aliphatic carbocycles. The number of aryl methyl sites for hydroxylation is 1. The molecule has 0 spiro atoms. The number of ether oxygens (including phenoxy) is 1. The number of carbonyl (C=O) groups excluding carboxylic acids is 1. The molecule has 3 heterocycles. The Labute approximate surface area is 195 Å². The number of rotatable bonds is 4. The Balaban J connectivity index is 0.00000256. The Morgan fingerprint density at radius 3 is 2.90 bits per heavy atom. The molecule has 1 aromatic heterocycles. The maximum Gasteiger partial charge on any atom is 0.410 e. The van der Waals surface area contributed by atoms with Gasteiger partial charge in [-0.05, 0) is 45.2 Å². The number of piperazine rings is 1. The van der Waals surface area contributed by atoms with Crippen LogP contribution in [-0.4, -0.2) is 71.2 Å². The molecule has 1 aromatic carbocycles. The number of guanidine groups is 1. The van der Waals surface area contributed by atoms with Crippen LogP contribution in [0.2, 0.25) is 0 Å². The van der Waals surface area contributed by atoms with Crippen molar-refractivity contribution in [3.8, 4) is 0 Å². The largest absolute Gasteiger partial charge is 0.444 e. The van der Waals surface area contributed by atoms with E-state index in [0.29, 0.717) is 13.1 Å². The van der Waals surface area contributed by atoms with Crippen molar-refractivity contribution in [2.24, 2.45) is 4.99 Å². The molecule has 1 unspecified atom stereocenters. The molecule has 0 bridgehead atoms. The van der Waals surface area contributed by atoms with Gasteiger partial charge in [0.1, 0.15) is 5.60 Å².